The molecule has 5 nitrogen and oxygen atoms in total. The summed E-state index contributed by atoms with van der Waals surface area (Å²) in [5, 5.41) is 21.3. The number of phenolic OH excluding ortho intramolecular Hbond substituents is 1. The first kappa shape index (κ1) is 31.3. The van der Waals surface area contributed by atoms with Gasteiger partial charge in [-0.25, -0.2) is 0 Å². The molecule has 3 aliphatic rings. The molecule has 2 aromatic carbocycles. The van der Waals surface area contributed by atoms with Gasteiger partial charge in [0.15, 0.2) is 0 Å². The monoisotopic (exact) mass is 593 g/mol. The molecule has 2 saturated carbocycles. The molecule has 2 aromatic rings. The van der Waals surface area contributed by atoms with E-state index >= 15 is 0 Å². The number of hydrogen-bond donors (Lipinski definition) is 2. The fourth-order valence-electron chi connectivity index (χ4n) is 8.27. The van der Waals surface area contributed by atoms with Crippen LogP contribution in [0.5, 0.6) is 11.5 Å². The number of likely N-dealkylation sites (N-methyl/N-ethyl adjacent to an activating group) is 1. The third-order valence-electron chi connectivity index (χ3n) is 10.7. The van der Waals surface area contributed by atoms with Crippen molar-refractivity contribution in [2.75, 3.05) is 33.4 Å². The number of aryl methyl sites for hydroxylation is 1. The highest BCUT2D eigenvalue weighted by Gasteiger charge is 2.57. The second-order valence-corrected chi connectivity index (χ2v) is 13.8. The molecule has 5 rings (SSSR count). The van der Waals surface area contributed by atoms with Crippen LogP contribution in [-0.4, -0.2) is 59.6 Å². The van der Waals surface area contributed by atoms with E-state index in [2.05, 4.69) is 49.1 Å². The quantitative estimate of drug-likeness (QED) is 0.184. The normalized spacial score (nSPS) is 28.0. The third kappa shape index (κ3) is 6.81. The third-order valence-corrected chi connectivity index (χ3v) is 11.1. The van der Waals surface area contributed by atoms with E-state index in [9.17, 15) is 10.2 Å². The average molecular weight is 594 g/mol. The lowest BCUT2D eigenvalue weighted by atomic mass is 9.51. The molecular weight excluding hydrogens is 542 g/mol. The van der Waals surface area contributed by atoms with Gasteiger partial charge in [-0.2, -0.15) is 0 Å². The Hall–Kier alpha value is -2.15. The number of aliphatic hydroxyl groups excluding tert-OH is 1. The summed E-state index contributed by atoms with van der Waals surface area (Å²) in [5.41, 5.74) is 4.02. The van der Waals surface area contributed by atoms with Crippen LogP contribution in [0.1, 0.15) is 100 Å². The van der Waals surface area contributed by atoms with Crippen molar-refractivity contribution < 1.29 is 19.7 Å². The van der Waals surface area contributed by atoms with E-state index in [1.807, 2.05) is 19.2 Å². The van der Waals surface area contributed by atoms with Crippen molar-refractivity contribution >= 4 is 17.2 Å². The maximum absolute atomic E-state index is 11.1. The number of benzene rings is 2. The van der Waals surface area contributed by atoms with E-state index in [1.54, 1.807) is 0 Å². The Bertz CT molecular complexity index is 1190. The minimum atomic E-state index is -0.219. The zero-order valence-corrected chi connectivity index (χ0v) is 26.7. The fraction of sp³-hybridized carbons (Fsp3) is 0.639. The van der Waals surface area contributed by atoms with E-state index in [0.717, 1.165) is 81.7 Å². The summed E-state index contributed by atoms with van der Waals surface area (Å²) in [6, 6.07) is 14.8. The van der Waals surface area contributed by atoms with Gasteiger partial charge in [0.25, 0.3) is 0 Å². The number of aromatic hydroxyl groups is 1. The van der Waals surface area contributed by atoms with Crippen LogP contribution in [0.25, 0.3) is 0 Å². The largest absolute Gasteiger partial charge is 0.508 e. The number of ether oxygens (including phenoxy) is 2. The fourth-order valence-corrected chi connectivity index (χ4v) is 8.44. The number of nitrogens with zero attached hydrogens (tertiary/aromatic N) is 1. The molecule has 0 aromatic heterocycles. The van der Waals surface area contributed by atoms with Crippen LogP contribution in [0.2, 0.25) is 0 Å². The van der Waals surface area contributed by atoms with Gasteiger partial charge < -0.3 is 24.6 Å². The van der Waals surface area contributed by atoms with E-state index in [1.165, 1.54) is 23.1 Å². The highest BCUT2D eigenvalue weighted by Crippen LogP contribution is 2.65. The first-order valence-electron chi connectivity index (χ1n) is 16.4. The summed E-state index contributed by atoms with van der Waals surface area (Å²) in [4.78, 5) is 3.01. The standard InChI is InChI=1S/C36H51NO4S/c1-4-5-19-37(3)34(42)24-40-20-7-6-8-21-41-28-13-9-25(10-14-28)31-23-36(2)32(17-18-33(36)39)30-15-11-26-22-27(38)12-16-29(26)35(30)31/h9-10,12-14,16,22,30-33,35,38-39H,4-8,11,15,17-21,23-24H2,1-3H3/t30-,31+,32-,33-,35+,36-/m0/s1. The topological polar surface area (TPSA) is 62.2 Å². The molecule has 0 saturated heterocycles. The van der Waals surface area contributed by atoms with Crippen molar-refractivity contribution in [2.45, 2.75) is 96.0 Å². The van der Waals surface area contributed by atoms with Gasteiger partial charge in [-0.3, -0.25) is 0 Å². The van der Waals surface area contributed by atoms with E-state index in [-0.39, 0.29) is 11.5 Å². The van der Waals surface area contributed by atoms with E-state index < -0.39 is 0 Å². The molecule has 230 valence electrons. The summed E-state index contributed by atoms with van der Waals surface area (Å²) < 4.78 is 11.9. The highest BCUT2D eigenvalue weighted by atomic mass is 32.1. The highest BCUT2D eigenvalue weighted by molar-refractivity contribution is 7.80. The Morgan fingerprint density at radius 1 is 1.02 bits per heavy atom. The van der Waals surface area contributed by atoms with E-state index in [4.69, 9.17) is 21.7 Å². The summed E-state index contributed by atoms with van der Waals surface area (Å²) in [6.45, 7) is 7.51. The Morgan fingerprint density at radius 3 is 2.60 bits per heavy atom. The molecule has 0 aliphatic heterocycles. The van der Waals surface area contributed by atoms with Crippen LogP contribution >= 0.6 is 12.2 Å². The molecule has 6 heteroatoms. The predicted octanol–water partition coefficient (Wildman–Crippen LogP) is 7.63. The van der Waals surface area contributed by atoms with Gasteiger partial charge in [0, 0.05) is 20.2 Å². The second kappa shape index (κ2) is 14.1. The van der Waals surface area contributed by atoms with Crippen molar-refractivity contribution in [2.24, 2.45) is 17.3 Å². The number of aliphatic hydroxyl groups is 1. The molecule has 0 heterocycles. The van der Waals surface area contributed by atoms with Crippen LogP contribution < -0.4 is 4.74 Å². The molecule has 6 atom stereocenters. The van der Waals surface area contributed by atoms with Crippen LogP contribution in [0.4, 0.5) is 0 Å². The summed E-state index contributed by atoms with van der Waals surface area (Å²) in [7, 11) is 2.05. The number of hydrogen-bond acceptors (Lipinski definition) is 5. The van der Waals surface area contributed by atoms with Crippen molar-refractivity contribution in [1.29, 1.82) is 0 Å². The lowest BCUT2D eigenvalue weighted by Crippen LogP contribution is -2.47. The zero-order valence-electron chi connectivity index (χ0n) is 25.9. The average Bonchev–Trinajstić information content (AvgIpc) is 3.30. The molecule has 3 aliphatic carbocycles. The molecule has 0 radical (unpaired) electrons. The Kier molecular flexibility index (Phi) is 10.5. The van der Waals surface area contributed by atoms with Crippen LogP contribution in [0.15, 0.2) is 42.5 Å². The molecule has 0 bridgehead atoms. The second-order valence-electron chi connectivity index (χ2n) is 13.3. The van der Waals surface area contributed by atoms with Crippen molar-refractivity contribution in [3.63, 3.8) is 0 Å². The van der Waals surface area contributed by atoms with Gasteiger partial charge in [0.1, 0.15) is 16.5 Å². The summed E-state index contributed by atoms with van der Waals surface area (Å²) in [6.07, 6.45) is 10.4. The number of rotatable bonds is 13. The SMILES string of the molecule is CCCCN(C)C(=S)COCCCCCOc1ccc([C@H]2C[C@]3(C)[C@@H](O)CC[C@H]3[C@@H]3CCc4cc(O)ccc4[C@H]32)cc1. The van der Waals surface area contributed by atoms with Crippen LogP contribution in [0.3, 0.4) is 0 Å². The smallest absolute Gasteiger partial charge is 0.119 e. The van der Waals surface area contributed by atoms with Crippen LogP contribution in [0, 0.1) is 17.3 Å². The Morgan fingerprint density at radius 2 is 1.81 bits per heavy atom. The maximum Gasteiger partial charge on any atom is 0.119 e. The number of unbranched alkanes of at least 4 members (excludes halogenated alkanes) is 3. The van der Waals surface area contributed by atoms with Crippen molar-refractivity contribution in [1.82, 2.24) is 4.90 Å². The van der Waals surface area contributed by atoms with Gasteiger partial charge in [-0.1, -0.05) is 50.7 Å². The number of thiocarbonyl (C=S) groups is 1. The first-order valence-corrected chi connectivity index (χ1v) is 16.8. The van der Waals surface area contributed by atoms with Crippen molar-refractivity contribution in [3.05, 3.63) is 59.2 Å². The van der Waals surface area contributed by atoms with Crippen molar-refractivity contribution in [3.8, 4) is 11.5 Å². The maximum atomic E-state index is 11.1. The van der Waals surface area contributed by atoms with Gasteiger partial charge >= 0.3 is 0 Å². The number of phenols is 1. The first-order chi connectivity index (χ1) is 20.3. The minimum Gasteiger partial charge on any atom is -0.508 e. The van der Waals surface area contributed by atoms with Gasteiger partial charge in [0.2, 0.25) is 0 Å². The van der Waals surface area contributed by atoms with Crippen LogP contribution in [-0.2, 0) is 11.2 Å². The summed E-state index contributed by atoms with van der Waals surface area (Å²) in [5.74, 6) is 3.19. The Balaban J connectivity index is 1.14. The summed E-state index contributed by atoms with van der Waals surface area (Å²) >= 11 is 5.46. The predicted molar refractivity (Wildman–Crippen MR) is 174 cm³/mol. The molecular formula is C36H51NO4S. The van der Waals surface area contributed by atoms with E-state index in [0.29, 0.717) is 42.6 Å². The number of fused-ring (bicyclic) bond motifs is 5. The van der Waals surface area contributed by atoms with Gasteiger partial charge in [0.05, 0.1) is 19.3 Å². The molecule has 2 fully saturated rings. The minimum absolute atomic E-state index is 0.0327. The molecule has 0 spiro atoms. The molecule has 0 unspecified atom stereocenters. The lowest BCUT2D eigenvalue weighted by Gasteiger charge is -2.54. The van der Waals surface area contributed by atoms with Gasteiger partial charge in [-0.15, -0.1) is 0 Å². The zero-order chi connectivity index (χ0) is 29.7. The molecule has 42 heavy (non-hydrogen) atoms. The molecule has 0 amide bonds. The molecule has 2 N–H and O–H groups in total. The van der Waals surface area contributed by atoms with Gasteiger partial charge in [-0.05, 0) is 128 Å². The lowest BCUT2D eigenvalue weighted by molar-refractivity contribution is -0.0323. The Labute approximate surface area is 258 Å².